The summed E-state index contributed by atoms with van der Waals surface area (Å²) in [6.45, 7) is -0.976. The number of halogens is 2. The van der Waals surface area contributed by atoms with Gasteiger partial charge >= 0.3 is 12.1 Å². The van der Waals surface area contributed by atoms with Gasteiger partial charge in [0.2, 0.25) is 5.75 Å². The van der Waals surface area contributed by atoms with Crippen molar-refractivity contribution in [2.45, 2.75) is 25.3 Å². The van der Waals surface area contributed by atoms with E-state index in [0.29, 0.717) is 25.3 Å². The van der Waals surface area contributed by atoms with E-state index in [-0.39, 0.29) is 66.4 Å². The van der Waals surface area contributed by atoms with Crippen LogP contribution in [0.2, 0.25) is 0 Å². The first kappa shape index (κ1) is 37.5. The molecule has 16 heteroatoms. The predicted molar refractivity (Wildman–Crippen MR) is 167 cm³/mol. The monoisotopic (exact) mass is 702 g/mol. The quantitative estimate of drug-likeness (QED) is 0.157. The minimum Gasteiger partial charge on any atom is -0.495 e. The summed E-state index contributed by atoms with van der Waals surface area (Å²) in [5, 5.41) is 15.3. The van der Waals surface area contributed by atoms with Crippen molar-refractivity contribution >= 4 is 23.8 Å². The lowest BCUT2D eigenvalue weighted by Gasteiger charge is -2.34. The molecule has 1 saturated heterocycles. The summed E-state index contributed by atoms with van der Waals surface area (Å²) < 4.78 is 58.3. The van der Waals surface area contributed by atoms with Crippen LogP contribution >= 0.6 is 0 Å². The molecule has 1 heterocycles. The average molecular weight is 703 g/mol. The highest BCUT2D eigenvalue weighted by Crippen LogP contribution is 2.38. The van der Waals surface area contributed by atoms with Gasteiger partial charge in [-0.3, -0.25) is 14.4 Å². The third-order valence-electron chi connectivity index (χ3n) is 7.77. The maximum atomic E-state index is 14.7. The molecule has 0 spiro atoms. The molecule has 2 atom stereocenters. The van der Waals surface area contributed by atoms with E-state index in [1.165, 1.54) is 64.8 Å². The second kappa shape index (κ2) is 16.9. The predicted octanol–water partition coefficient (Wildman–Crippen LogP) is 3.39. The summed E-state index contributed by atoms with van der Waals surface area (Å²) >= 11 is 0. The Morgan fingerprint density at radius 2 is 1.44 bits per heavy atom. The smallest absolute Gasteiger partial charge is 0.398 e. The first-order valence-corrected chi connectivity index (χ1v) is 15.2. The number of nitrogens with one attached hydrogen (secondary N) is 1. The number of hydrogen-bond donors (Lipinski definition) is 1. The Bertz CT molecular complexity index is 1690. The Balaban J connectivity index is 1.52. The van der Waals surface area contributed by atoms with Gasteiger partial charge in [-0.05, 0) is 37.1 Å². The van der Waals surface area contributed by atoms with Crippen LogP contribution in [-0.4, -0.2) is 89.6 Å². The first-order chi connectivity index (χ1) is 24.0. The molecule has 50 heavy (non-hydrogen) atoms. The zero-order chi connectivity index (χ0) is 36.4. The lowest BCUT2D eigenvalue weighted by atomic mass is 10.0. The van der Waals surface area contributed by atoms with E-state index in [4.69, 9.17) is 33.3 Å². The lowest BCUT2D eigenvalue weighted by molar-refractivity contribution is -1.04. The van der Waals surface area contributed by atoms with E-state index in [2.05, 4.69) is 5.32 Å². The Labute approximate surface area is 285 Å². The molecular formula is C34H36F2N2O12. The van der Waals surface area contributed by atoms with Crippen molar-refractivity contribution < 1.29 is 71.0 Å². The number of quaternary nitrogens is 1. The van der Waals surface area contributed by atoms with Gasteiger partial charge in [0.05, 0.1) is 25.8 Å². The molecule has 268 valence electrons. The van der Waals surface area contributed by atoms with Gasteiger partial charge in [0, 0.05) is 43.9 Å². The Morgan fingerprint density at radius 1 is 0.820 bits per heavy atom. The summed E-state index contributed by atoms with van der Waals surface area (Å²) in [6.07, 6.45) is -0.513. The van der Waals surface area contributed by atoms with Crippen molar-refractivity contribution in [3.63, 3.8) is 0 Å². The fourth-order valence-corrected chi connectivity index (χ4v) is 5.36. The number of amides is 2. The first-order valence-electron chi connectivity index (χ1n) is 15.2. The van der Waals surface area contributed by atoms with Crippen LogP contribution in [-0.2, 0) is 14.3 Å². The van der Waals surface area contributed by atoms with Gasteiger partial charge in [0.1, 0.15) is 36.0 Å². The van der Waals surface area contributed by atoms with Crippen LogP contribution < -0.4 is 29.4 Å². The van der Waals surface area contributed by atoms with Crippen LogP contribution in [0.15, 0.2) is 48.5 Å². The van der Waals surface area contributed by atoms with Crippen molar-refractivity contribution in [3.8, 4) is 23.0 Å². The lowest BCUT2D eigenvalue weighted by Crippen LogP contribution is -2.63. The molecule has 1 aliphatic rings. The van der Waals surface area contributed by atoms with Crippen LogP contribution in [0.4, 0.5) is 13.6 Å². The normalized spacial score (nSPS) is 17.2. The molecule has 1 N–H and O–H groups in total. The van der Waals surface area contributed by atoms with E-state index in [1.54, 1.807) is 0 Å². The van der Waals surface area contributed by atoms with Gasteiger partial charge in [-0.25, -0.2) is 13.6 Å². The number of carbonyl (C=O) groups excluding carboxylic acids is 4. The van der Waals surface area contributed by atoms with Crippen LogP contribution in [0.3, 0.4) is 0 Å². The number of carboxylic acid groups (broad SMARTS) is 1. The number of benzene rings is 3. The van der Waals surface area contributed by atoms with E-state index >= 15 is 0 Å². The molecule has 1 aliphatic heterocycles. The van der Waals surface area contributed by atoms with Gasteiger partial charge < -0.3 is 43.6 Å². The molecule has 0 bridgehead atoms. The van der Waals surface area contributed by atoms with Crippen molar-refractivity contribution in [2.75, 3.05) is 55.1 Å². The summed E-state index contributed by atoms with van der Waals surface area (Å²) in [7, 11) is 5.49. The molecule has 14 nitrogen and oxygen atoms in total. The van der Waals surface area contributed by atoms with Crippen molar-refractivity contribution in [2.24, 2.45) is 0 Å². The summed E-state index contributed by atoms with van der Waals surface area (Å²) in [5.74, 6) is -4.43. The maximum absolute atomic E-state index is 14.7. The molecule has 0 radical (unpaired) electrons. The second-order valence-corrected chi connectivity index (χ2v) is 11.1. The van der Waals surface area contributed by atoms with Crippen molar-refractivity contribution in [1.29, 1.82) is 0 Å². The number of rotatable bonds is 13. The molecular weight excluding hydrogens is 666 g/mol. The standard InChI is InChI=1S/C34H36F2N2O12/c1-44-18-48-26-16-23(35)15-25(36)29(26)30(39)20-8-10-21(11-9-20)33(41)50-38(34(42)43)12-6-5-7-24(17-38)37-32(40)22-13-27(46-3)31(49-19-45-2)28(14-22)47-4/h8-11,13-16,24H,5-7,12,17-19H2,1-4H3,(H-,37,40,42,43). The summed E-state index contributed by atoms with van der Waals surface area (Å²) in [4.78, 5) is 57.8. The zero-order valence-corrected chi connectivity index (χ0v) is 27.7. The fourth-order valence-electron chi connectivity index (χ4n) is 5.36. The number of methoxy groups -OCH3 is 4. The van der Waals surface area contributed by atoms with Gasteiger partial charge in [0.15, 0.2) is 30.9 Å². The number of carbonyl (C=O) groups is 4. The number of ether oxygens (including phenoxy) is 6. The number of ketones is 1. The molecule has 2 unspecified atom stereocenters. The molecule has 3 aromatic carbocycles. The summed E-state index contributed by atoms with van der Waals surface area (Å²) in [5.41, 5.74) is -0.633. The van der Waals surface area contributed by atoms with Crippen LogP contribution in [0.1, 0.15) is 55.9 Å². The number of nitrogens with zero attached hydrogens (tertiary/aromatic N) is 1. The minimum absolute atomic E-state index is 0.0813. The van der Waals surface area contributed by atoms with Crippen LogP contribution in [0, 0.1) is 11.6 Å². The van der Waals surface area contributed by atoms with Gasteiger partial charge in [0.25, 0.3) is 5.91 Å². The maximum Gasteiger partial charge on any atom is 0.398 e. The second-order valence-electron chi connectivity index (χ2n) is 11.1. The molecule has 0 aromatic heterocycles. The number of hydroxylamine groups is 3. The minimum atomic E-state index is -1.70. The highest BCUT2D eigenvalue weighted by Gasteiger charge is 2.42. The third kappa shape index (κ3) is 8.63. The molecule has 2 amide bonds. The zero-order valence-electron chi connectivity index (χ0n) is 27.7. The number of hydrogen-bond acceptors (Lipinski definition) is 12. The Morgan fingerprint density at radius 3 is 2.04 bits per heavy atom. The summed E-state index contributed by atoms with van der Waals surface area (Å²) in [6, 6.07) is 8.23. The Kier molecular flexibility index (Phi) is 12.7. The average Bonchev–Trinajstić information content (AvgIpc) is 3.31. The molecule has 4 rings (SSSR count). The topological polar surface area (TPSA) is 168 Å². The fraction of sp³-hybridized carbons (Fsp3) is 0.353. The SMILES string of the molecule is COCOc1cc(F)cc(F)c1C(=O)c1ccc(C(=O)O[N+]2(C(=O)[O-])CCCCC(NC(=O)c3cc(OC)c(OCOC)c(OC)c3)C2)cc1. The molecule has 3 aromatic rings. The van der Waals surface area contributed by atoms with Crippen molar-refractivity contribution in [1.82, 2.24) is 5.32 Å². The van der Waals surface area contributed by atoms with Gasteiger partial charge in [-0.15, -0.1) is 0 Å². The number of likely N-dealkylation sites (tertiary alicyclic amines) is 1. The largest absolute Gasteiger partial charge is 0.495 e. The molecule has 0 saturated carbocycles. The third-order valence-corrected chi connectivity index (χ3v) is 7.77. The molecule has 0 aliphatic carbocycles. The molecule has 1 fully saturated rings. The van der Waals surface area contributed by atoms with E-state index < -0.39 is 51.6 Å². The van der Waals surface area contributed by atoms with E-state index in [0.717, 1.165) is 6.07 Å². The van der Waals surface area contributed by atoms with Gasteiger partial charge in [-0.1, -0.05) is 16.8 Å². The highest BCUT2D eigenvalue weighted by atomic mass is 19.1. The van der Waals surface area contributed by atoms with Crippen LogP contribution in [0.5, 0.6) is 23.0 Å². The Hall–Kier alpha value is -5.32. The van der Waals surface area contributed by atoms with Crippen LogP contribution in [0.25, 0.3) is 0 Å². The van der Waals surface area contributed by atoms with Crippen molar-refractivity contribution in [3.05, 3.63) is 82.4 Å². The van der Waals surface area contributed by atoms with Gasteiger partial charge in [-0.2, -0.15) is 0 Å². The van der Waals surface area contributed by atoms with E-state index in [9.17, 15) is 33.1 Å². The van der Waals surface area contributed by atoms with E-state index in [1.807, 2.05) is 0 Å². The highest BCUT2D eigenvalue weighted by molar-refractivity contribution is 6.11.